The summed E-state index contributed by atoms with van der Waals surface area (Å²) in [4.78, 5) is 17.9. The molecule has 2 fully saturated rings. The second kappa shape index (κ2) is 10.4. The highest BCUT2D eigenvalue weighted by Gasteiger charge is 2.39. The summed E-state index contributed by atoms with van der Waals surface area (Å²) in [5.41, 5.74) is 3.90. The van der Waals surface area contributed by atoms with Gasteiger partial charge in [-0.25, -0.2) is 0 Å². The summed E-state index contributed by atoms with van der Waals surface area (Å²) < 4.78 is 11.0. The number of piperidine rings is 2. The zero-order chi connectivity index (χ0) is 24.3. The van der Waals surface area contributed by atoms with Crippen molar-refractivity contribution in [2.24, 2.45) is 5.92 Å². The maximum atomic E-state index is 13.1. The predicted octanol–water partition coefficient (Wildman–Crippen LogP) is 5.45. The number of amides is 1. The lowest BCUT2D eigenvalue weighted by Crippen LogP contribution is -2.56. The van der Waals surface area contributed by atoms with E-state index in [9.17, 15) is 4.79 Å². The molecule has 0 radical (unpaired) electrons. The minimum Gasteiger partial charge on any atom is -0.454 e. The van der Waals surface area contributed by atoms with Gasteiger partial charge in [0, 0.05) is 44.6 Å². The Bertz CT molecular complexity index is 1140. The number of carbonyl (C=O) groups excluding carboxylic acids is 1. The maximum absolute atomic E-state index is 13.1. The Hall–Kier alpha value is -3.31. The van der Waals surface area contributed by atoms with Gasteiger partial charge >= 0.3 is 0 Å². The summed E-state index contributed by atoms with van der Waals surface area (Å²) >= 11 is 0. The van der Waals surface area contributed by atoms with Gasteiger partial charge in [0.1, 0.15) is 0 Å². The second-order valence-electron chi connectivity index (χ2n) is 10.3. The van der Waals surface area contributed by atoms with E-state index >= 15 is 0 Å². The van der Waals surface area contributed by atoms with E-state index in [4.69, 9.17) is 9.47 Å². The number of hydrogen-bond acceptors (Lipinski definition) is 4. The van der Waals surface area contributed by atoms with E-state index < -0.39 is 0 Å². The number of nitrogens with zero attached hydrogens (tertiary/aromatic N) is 2. The highest BCUT2D eigenvalue weighted by atomic mass is 16.7. The molecule has 1 amide bonds. The quantitative estimate of drug-likeness (QED) is 0.449. The number of rotatable bonds is 7. The van der Waals surface area contributed by atoms with Crippen LogP contribution in [0.2, 0.25) is 0 Å². The molecule has 0 aromatic heterocycles. The summed E-state index contributed by atoms with van der Waals surface area (Å²) in [5, 5.41) is 0. The van der Waals surface area contributed by atoms with Crippen LogP contribution in [-0.4, -0.2) is 48.2 Å². The molecule has 0 unspecified atom stereocenters. The van der Waals surface area contributed by atoms with Crippen LogP contribution in [0.4, 0.5) is 0 Å². The first-order valence-electron chi connectivity index (χ1n) is 13.2. The highest BCUT2D eigenvalue weighted by Crippen LogP contribution is 2.36. The Labute approximate surface area is 213 Å². The molecule has 186 valence electrons. The van der Waals surface area contributed by atoms with Crippen molar-refractivity contribution < 1.29 is 14.3 Å². The molecule has 3 heterocycles. The third-order valence-corrected chi connectivity index (χ3v) is 8.13. The number of hydrogen-bond donors (Lipinski definition) is 0. The Balaban J connectivity index is 1.12. The molecule has 0 aliphatic carbocycles. The summed E-state index contributed by atoms with van der Waals surface area (Å²) in [5.74, 6) is 2.86. The first kappa shape index (κ1) is 23.1. The Morgan fingerprint density at radius 3 is 2.33 bits per heavy atom. The molecule has 5 heteroatoms. The molecule has 6 rings (SSSR count). The molecular formula is C31H34N2O3. The lowest BCUT2D eigenvalue weighted by molar-refractivity contribution is -0.141. The molecular weight excluding hydrogens is 448 g/mol. The van der Waals surface area contributed by atoms with Crippen molar-refractivity contribution in [3.05, 3.63) is 95.6 Å². The van der Waals surface area contributed by atoms with Crippen LogP contribution in [0.25, 0.3) is 0 Å². The lowest BCUT2D eigenvalue weighted by Gasteiger charge is -2.47. The van der Waals surface area contributed by atoms with Gasteiger partial charge in [0.15, 0.2) is 11.5 Å². The number of benzene rings is 3. The van der Waals surface area contributed by atoms with Gasteiger partial charge in [0.05, 0.1) is 0 Å². The van der Waals surface area contributed by atoms with Gasteiger partial charge in [-0.2, -0.15) is 0 Å². The normalized spacial score (nSPS) is 21.6. The Morgan fingerprint density at radius 1 is 0.861 bits per heavy atom. The van der Waals surface area contributed by atoms with E-state index in [-0.39, 0.29) is 0 Å². The third kappa shape index (κ3) is 4.85. The zero-order valence-electron chi connectivity index (χ0n) is 20.7. The summed E-state index contributed by atoms with van der Waals surface area (Å²) in [6.45, 7) is 4.10. The van der Waals surface area contributed by atoms with Crippen LogP contribution >= 0.6 is 0 Å². The zero-order valence-corrected chi connectivity index (χ0v) is 20.7. The van der Waals surface area contributed by atoms with Crippen molar-refractivity contribution in [1.29, 1.82) is 0 Å². The van der Waals surface area contributed by atoms with Crippen LogP contribution < -0.4 is 9.47 Å². The standard InChI is InChI=1S/C31H34N2O3/c34-31-14-12-26-21-32(20-23-11-13-29-30(19-23)36-22-35-29)17-16-28(26)33(31)18-15-27(24-7-3-1-4-8-24)25-9-5-2-6-10-25/h1-11,13,19,26-28H,12,14-18,20-22H2/t26-,28+/m1/s1. The largest absolute Gasteiger partial charge is 0.454 e. The smallest absolute Gasteiger partial charge is 0.231 e. The van der Waals surface area contributed by atoms with Gasteiger partial charge in [-0.15, -0.1) is 0 Å². The summed E-state index contributed by atoms with van der Waals surface area (Å²) in [6.07, 6.45) is 3.66. The van der Waals surface area contributed by atoms with Crippen molar-refractivity contribution in [3.63, 3.8) is 0 Å². The van der Waals surface area contributed by atoms with Crippen molar-refractivity contribution in [2.45, 2.75) is 44.2 Å². The number of fused-ring (bicyclic) bond motifs is 2. The molecule has 0 spiro atoms. The first-order chi connectivity index (χ1) is 17.7. The van der Waals surface area contributed by atoms with Gasteiger partial charge in [0.2, 0.25) is 12.7 Å². The average molecular weight is 483 g/mol. The van der Waals surface area contributed by atoms with E-state index in [1.807, 2.05) is 6.07 Å². The fraction of sp³-hybridized carbons (Fsp3) is 0.387. The monoisotopic (exact) mass is 482 g/mol. The van der Waals surface area contributed by atoms with E-state index in [0.717, 1.165) is 56.9 Å². The fourth-order valence-corrected chi connectivity index (χ4v) is 6.32. The van der Waals surface area contributed by atoms with E-state index in [1.165, 1.54) is 16.7 Å². The lowest BCUT2D eigenvalue weighted by atomic mass is 9.82. The van der Waals surface area contributed by atoms with Crippen molar-refractivity contribution >= 4 is 5.91 Å². The van der Waals surface area contributed by atoms with Crippen LogP contribution in [0.3, 0.4) is 0 Å². The molecule has 3 aliphatic heterocycles. The number of ether oxygens (including phenoxy) is 2. The molecule has 2 atom stereocenters. The first-order valence-corrected chi connectivity index (χ1v) is 13.2. The second-order valence-corrected chi connectivity index (χ2v) is 10.3. The molecule has 3 aliphatic rings. The van der Waals surface area contributed by atoms with Gasteiger partial charge < -0.3 is 14.4 Å². The molecule has 3 aromatic carbocycles. The predicted molar refractivity (Wildman–Crippen MR) is 140 cm³/mol. The topological polar surface area (TPSA) is 42.0 Å². The average Bonchev–Trinajstić information content (AvgIpc) is 3.39. The Morgan fingerprint density at radius 2 is 1.58 bits per heavy atom. The van der Waals surface area contributed by atoms with E-state index in [1.54, 1.807) is 0 Å². The van der Waals surface area contributed by atoms with E-state index in [0.29, 0.717) is 37.0 Å². The van der Waals surface area contributed by atoms with Gasteiger partial charge in [-0.1, -0.05) is 66.7 Å². The van der Waals surface area contributed by atoms with Crippen LogP contribution in [0.1, 0.15) is 48.3 Å². The number of likely N-dealkylation sites (tertiary alicyclic amines) is 2. The maximum Gasteiger partial charge on any atom is 0.231 e. The van der Waals surface area contributed by atoms with Crippen LogP contribution in [0.5, 0.6) is 11.5 Å². The van der Waals surface area contributed by atoms with E-state index in [2.05, 4.69) is 82.6 Å². The van der Waals surface area contributed by atoms with Crippen LogP contribution in [0.15, 0.2) is 78.9 Å². The minimum absolute atomic E-state index is 0.298. The Kier molecular flexibility index (Phi) is 6.65. The molecule has 0 saturated carbocycles. The summed E-state index contributed by atoms with van der Waals surface area (Å²) in [6, 6.07) is 28.1. The van der Waals surface area contributed by atoms with Crippen LogP contribution in [-0.2, 0) is 11.3 Å². The SMILES string of the molecule is O=C1CC[C@@H]2CN(Cc3ccc4c(c3)OCO4)CC[C@@H]2N1CCC(c1ccccc1)c1ccccc1. The van der Waals surface area contributed by atoms with Crippen molar-refractivity contribution in [3.8, 4) is 11.5 Å². The molecule has 5 nitrogen and oxygen atoms in total. The molecule has 2 saturated heterocycles. The van der Waals surface area contributed by atoms with Gasteiger partial charge in [0.25, 0.3) is 0 Å². The molecule has 3 aromatic rings. The summed E-state index contributed by atoms with van der Waals surface area (Å²) in [7, 11) is 0. The van der Waals surface area contributed by atoms with Crippen molar-refractivity contribution in [2.75, 3.05) is 26.4 Å². The number of carbonyl (C=O) groups is 1. The molecule has 0 bridgehead atoms. The minimum atomic E-state index is 0.298. The van der Waals surface area contributed by atoms with Gasteiger partial charge in [-0.05, 0) is 54.0 Å². The molecule has 0 N–H and O–H groups in total. The fourth-order valence-electron chi connectivity index (χ4n) is 6.32. The van der Waals surface area contributed by atoms with Gasteiger partial charge in [-0.3, -0.25) is 9.69 Å². The molecule has 36 heavy (non-hydrogen) atoms. The van der Waals surface area contributed by atoms with Crippen molar-refractivity contribution in [1.82, 2.24) is 9.80 Å². The third-order valence-electron chi connectivity index (χ3n) is 8.13. The van der Waals surface area contributed by atoms with Crippen LogP contribution in [0, 0.1) is 5.92 Å². The highest BCUT2D eigenvalue weighted by molar-refractivity contribution is 5.77.